The van der Waals surface area contributed by atoms with Crippen molar-refractivity contribution in [2.75, 3.05) is 37.4 Å². The summed E-state index contributed by atoms with van der Waals surface area (Å²) in [5, 5.41) is 0. The monoisotopic (exact) mass is 480 g/mol. The minimum Gasteiger partial charge on any atom is -0.336 e. The van der Waals surface area contributed by atoms with Gasteiger partial charge in [0.05, 0.1) is 11.4 Å². The lowest BCUT2D eigenvalue weighted by Gasteiger charge is -2.35. The molecule has 7 nitrogen and oxygen atoms in total. The first-order valence-electron chi connectivity index (χ1n) is 11.7. The van der Waals surface area contributed by atoms with Crippen LogP contribution in [0.25, 0.3) is 6.08 Å². The van der Waals surface area contributed by atoms with Crippen molar-refractivity contribution in [2.24, 2.45) is 10.9 Å². The van der Waals surface area contributed by atoms with Crippen molar-refractivity contribution < 1.29 is 13.2 Å². The minimum atomic E-state index is -3.90. The molecule has 1 heterocycles. The van der Waals surface area contributed by atoms with Crippen LogP contribution in [0.3, 0.4) is 0 Å². The summed E-state index contributed by atoms with van der Waals surface area (Å²) in [5.74, 6) is 0.839. The van der Waals surface area contributed by atoms with Crippen LogP contribution in [0.2, 0.25) is 0 Å². The van der Waals surface area contributed by atoms with E-state index in [1.807, 2.05) is 17.9 Å². The fraction of sp³-hybridized carbons (Fsp3) is 0.385. The Hall–Kier alpha value is -2.97. The SMILES string of the molecule is C=Nc1c(/C=C\C)cccc1S(=O)(=O)Nc1ccc(C(=O)N2CCN(CC3CC3)CC2)cc1C. The van der Waals surface area contributed by atoms with Crippen molar-refractivity contribution in [3.8, 4) is 0 Å². The van der Waals surface area contributed by atoms with Gasteiger partial charge in [0.15, 0.2) is 0 Å². The zero-order valence-corrected chi connectivity index (χ0v) is 20.6. The Bertz CT molecular complexity index is 1210. The highest BCUT2D eigenvalue weighted by Gasteiger charge is 2.28. The van der Waals surface area contributed by atoms with Crippen molar-refractivity contribution >= 4 is 40.1 Å². The molecule has 2 fully saturated rings. The van der Waals surface area contributed by atoms with Gasteiger partial charge in [-0.05, 0) is 69.2 Å². The Labute approximate surface area is 202 Å². The number of nitrogens with one attached hydrogen (secondary N) is 1. The van der Waals surface area contributed by atoms with Gasteiger partial charge in [-0.1, -0.05) is 24.3 Å². The van der Waals surface area contributed by atoms with Gasteiger partial charge in [-0.25, -0.2) is 8.42 Å². The molecule has 0 aromatic heterocycles. The maximum Gasteiger partial charge on any atom is 0.264 e. The highest BCUT2D eigenvalue weighted by atomic mass is 32.2. The van der Waals surface area contributed by atoms with E-state index in [1.165, 1.54) is 18.9 Å². The molecule has 2 aliphatic rings. The first kappa shape index (κ1) is 24.2. The van der Waals surface area contributed by atoms with Gasteiger partial charge in [-0.2, -0.15) is 0 Å². The predicted octanol–water partition coefficient (Wildman–Crippen LogP) is 4.33. The van der Waals surface area contributed by atoms with E-state index in [1.54, 1.807) is 43.3 Å². The Kier molecular flexibility index (Phi) is 7.19. The zero-order chi connectivity index (χ0) is 24.3. The van der Waals surface area contributed by atoms with Crippen LogP contribution in [-0.4, -0.2) is 63.6 Å². The third-order valence-electron chi connectivity index (χ3n) is 6.41. The van der Waals surface area contributed by atoms with E-state index in [4.69, 9.17) is 0 Å². The largest absolute Gasteiger partial charge is 0.336 e. The van der Waals surface area contributed by atoms with Crippen LogP contribution in [-0.2, 0) is 10.0 Å². The number of nitrogens with zero attached hydrogens (tertiary/aromatic N) is 3. The van der Waals surface area contributed by atoms with Crippen LogP contribution >= 0.6 is 0 Å². The van der Waals surface area contributed by atoms with Crippen LogP contribution in [0, 0.1) is 12.8 Å². The molecule has 2 aromatic rings. The summed E-state index contributed by atoms with van der Waals surface area (Å²) in [7, 11) is -3.90. The molecule has 0 spiro atoms. The van der Waals surface area contributed by atoms with Crippen LogP contribution < -0.4 is 4.72 Å². The first-order valence-corrected chi connectivity index (χ1v) is 13.2. The standard InChI is InChI=1S/C26H32N4O3S/c1-4-6-21-7-5-8-24(25(21)27-3)34(32,33)28-23-12-11-22(17-19(23)2)26(31)30-15-13-29(14-16-30)18-20-9-10-20/h4-8,11-12,17,20,28H,3,9-10,13-16,18H2,1-2H3/b6-4-. The number of aliphatic imine (C=N–C) groups is 1. The Morgan fingerprint density at radius 1 is 1.18 bits per heavy atom. The van der Waals surface area contributed by atoms with Crippen molar-refractivity contribution in [1.29, 1.82) is 0 Å². The second kappa shape index (κ2) is 10.1. The highest BCUT2D eigenvalue weighted by Crippen LogP contribution is 2.32. The molecule has 0 unspecified atom stereocenters. The summed E-state index contributed by atoms with van der Waals surface area (Å²) in [6.07, 6.45) is 6.28. The number of rotatable bonds is 8. The molecule has 1 amide bonds. The van der Waals surface area contributed by atoms with E-state index in [0.717, 1.165) is 38.6 Å². The predicted molar refractivity (Wildman–Crippen MR) is 137 cm³/mol. The number of amides is 1. The number of sulfonamides is 1. The molecular formula is C26H32N4O3S. The zero-order valence-electron chi connectivity index (χ0n) is 19.8. The number of allylic oxidation sites excluding steroid dienone is 1. The number of anilines is 1. The summed E-state index contributed by atoms with van der Waals surface area (Å²) in [4.78, 5) is 21.4. The third-order valence-corrected chi connectivity index (χ3v) is 7.81. The van der Waals surface area contributed by atoms with E-state index in [0.29, 0.717) is 28.1 Å². The molecule has 4 rings (SSSR count). The molecule has 34 heavy (non-hydrogen) atoms. The third kappa shape index (κ3) is 5.39. The normalized spacial score (nSPS) is 17.2. The van der Waals surface area contributed by atoms with E-state index in [2.05, 4.69) is 21.3 Å². The number of carbonyl (C=O) groups is 1. The van der Waals surface area contributed by atoms with Gasteiger partial charge in [-0.15, -0.1) is 0 Å². The van der Waals surface area contributed by atoms with Crippen molar-refractivity contribution in [3.63, 3.8) is 0 Å². The quantitative estimate of drug-likeness (QED) is 0.570. The number of hydrogen-bond acceptors (Lipinski definition) is 5. The summed E-state index contributed by atoms with van der Waals surface area (Å²) < 4.78 is 29.0. The lowest BCUT2D eigenvalue weighted by Crippen LogP contribution is -2.49. The van der Waals surface area contributed by atoms with E-state index in [9.17, 15) is 13.2 Å². The molecule has 1 aliphatic heterocycles. The van der Waals surface area contributed by atoms with Crippen molar-refractivity contribution in [1.82, 2.24) is 9.80 Å². The van der Waals surface area contributed by atoms with Gasteiger partial charge in [0.1, 0.15) is 4.90 Å². The maximum absolute atomic E-state index is 13.2. The Morgan fingerprint density at radius 3 is 2.53 bits per heavy atom. The van der Waals surface area contributed by atoms with Gasteiger partial charge in [0.25, 0.3) is 15.9 Å². The average Bonchev–Trinajstić information content (AvgIpc) is 3.64. The molecule has 2 aromatic carbocycles. The second-order valence-corrected chi connectivity index (χ2v) is 10.7. The number of hydrogen-bond donors (Lipinski definition) is 1. The molecule has 1 aliphatic carbocycles. The number of piperazine rings is 1. The summed E-state index contributed by atoms with van der Waals surface area (Å²) in [6, 6.07) is 10.1. The van der Waals surface area contributed by atoms with Crippen LogP contribution in [0.5, 0.6) is 0 Å². The van der Waals surface area contributed by atoms with Gasteiger partial charge in [-0.3, -0.25) is 19.4 Å². The lowest BCUT2D eigenvalue weighted by molar-refractivity contribution is 0.0632. The van der Waals surface area contributed by atoms with E-state index < -0.39 is 10.0 Å². The van der Waals surface area contributed by atoms with E-state index in [-0.39, 0.29) is 10.8 Å². The fourth-order valence-corrected chi connectivity index (χ4v) is 5.66. The molecule has 1 saturated heterocycles. The first-order chi connectivity index (χ1) is 16.3. The Morgan fingerprint density at radius 2 is 1.91 bits per heavy atom. The molecular weight excluding hydrogens is 448 g/mol. The molecule has 180 valence electrons. The number of carbonyl (C=O) groups excluding carboxylic acids is 1. The maximum atomic E-state index is 13.2. The number of benzene rings is 2. The second-order valence-electron chi connectivity index (χ2n) is 9.02. The molecule has 0 radical (unpaired) electrons. The summed E-state index contributed by atoms with van der Waals surface area (Å²) >= 11 is 0. The average molecular weight is 481 g/mol. The molecule has 0 bridgehead atoms. The van der Waals surface area contributed by atoms with Gasteiger partial charge < -0.3 is 4.90 Å². The number of aryl methyl sites for hydroxylation is 1. The van der Waals surface area contributed by atoms with Crippen LogP contribution in [0.15, 0.2) is 52.4 Å². The topological polar surface area (TPSA) is 82.1 Å². The Balaban J connectivity index is 1.48. The molecule has 8 heteroatoms. The van der Waals surface area contributed by atoms with Crippen LogP contribution in [0.1, 0.15) is 41.3 Å². The lowest BCUT2D eigenvalue weighted by atomic mass is 10.1. The highest BCUT2D eigenvalue weighted by molar-refractivity contribution is 7.92. The molecule has 1 N–H and O–H groups in total. The molecule has 0 atom stereocenters. The molecule has 1 saturated carbocycles. The van der Waals surface area contributed by atoms with Gasteiger partial charge >= 0.3 is 0 Å². The minimum absolute atomic E-state index is 0.0132. The summed E-state index contributed by atoms with van der Waals surface area (Å²) in [6.45, 7) is 11.6. The fourth-order valence-electron chi connectivity index (χ4n) is 4.33. The van der Waals surface area contributed by atoms with E-state index >= 15 is 0 Å². The van der Waals surface area contributed by atoms with Gasteiger partial charge in [0.2, 0.25) is 0 Å². The number of para-hydroxylation sites is 1. The smallest absolute Gasteiger partial charge is 0.264 e. The van der Waals surface area contributed by atoms with Crippen molar-refractivity contribution in [3.05, 3.63) is 59.2 Å². The van der Waals surface area contributed by atoms with Crippen molar-refractivity contribution in [2.45, 2.75) is 31.6 Å². The summed E-state index contributed by atoms with van der Waals surface area (Å²) in [5.41, 5.74) is 2.66. The van der Waals surface area contributed by atoms with Gasteiger partial charge in [0, 0.05) is 43.9 Å². The van der Waals surface area contributed by atoms with Crippen LogP contribution in [0.4, 0.5) is 11.4 Å².